The highest BCUT2D eigenvalue weighted by Gasteiger charge is 2.19. The minimum absolute atomic E-state index is 0.0929. The normalized spacial score (nSPS) is 12.6. The first kappa shape index (κ1) is 57.9. The predicted octanol–water partition coefficient (Wildman–Crippen LogP) is 16.6. The van der Waals surface area contributed by atoms with Crippen LogP contribution in [0.4, 0.5) is 0 Å². The highest BCUT2D eigenvalue weighted by atomic mass is 16.6. The Bertz CT molecular complexity index is 1160. The Labute approximate surface area is 376 Å². The Morgan fingerprint density at radius 3 is 1.08 bits per heavy atom. The Morgan fingerprint density at radius 2 is 0.656 bits per heavy atom. The molecule has 0 aliphatic carbocycles. The average Bonchev–Trinajstić information content (AvgIpc) is 3.26. The molecule has 0 aromatic heterocycles. The summed E-state index contributed by atoms with van der Waals surface area (Å²) in [6.07, 6.45) is 61.7. The molecule has 0 amide bonds. The molecule has 350 valence electrons. The average molecular weight is 851 g/mol. The van der Waals surface area contributed by atoms with Gasteiger partial charge in [0.25, 0.3) is 0 Å². The van der Waals surface area contributed by atoms with E-state index in [1.165, 1.54) is 89.9 Å². The van der Waals surface area contributed by atoms with Crippen LogP contribution in [0.2, 0.25) is 0 Å². The summed E-state index contributed by atoms with van der Waals surface area (Å²) in [5, 5.41) is 0. The molecule has 0 radical (unpaired) electrons. The topological polar surface area (TPSA) is 78.9 Å². The maximum Gasteiger partial charge on any atom is 0.306 e. The van der Waals surface area contributed by atoms with Gasteiger partial charge in [-0.2, -0.15) is 0 Å². The number of carbonyl (C=O) groups is 3. The van der Waals surface area contributed by atoms with Crippen LogP contribution in [0.3, 0.4) is 0 Å². The molecule has 0 fully saturated rings. The number of esters is 3. The third-order valence-electron chi connectivity index (χ3n) is 10.7. The molecule has 0 aliphatic rings. The molecule has 0 saturated heterocycles. The van der Waals surface area contributed by atoms with E-state index in [0.29, 0.717) is 19.3 Å². The fraction of sp³-hybridized carbons (Fsp3) is 0.727. The molecule has 0 aliphatic heterocycles. The number of unbranched alkanes of at least 4 members (excludes halogenated alkanes) is 22. The second-order valence-electron chi connectivity index (χ2n) is 16.7. The van der Waals surface area contributed by atoms with Crippen LogP contribution in [-0.2, 0) is 28.6 Å². The maximum absolute atomic E-state index is 12.8. The smallest absolute Gasteiger partial charge is 0.306 e. The first-order chi connectivity index (χ1) is 30.0. The van der Waals surface area contributed by atoms with Gasteiger partial charge in [-0.3, -0.25) is 14.4 Å². The predicted molar refractivity (Wildman–Crippen MR) is 261 cm³/mol. The van der Waals surface area contributed by atoms with Gasteiger partial charge >= 0.3 is 17.9 Å². The quantitative estimate of drug-likeness (QED) is 0.0263. The number of ether oxygens (including phenoxy) is 3. The summed E-state index contributed by atoms with van der Waals surface area (Å²) >= 11 is 0. The number of rotatable bonds is 45. The highest BCUT2D eigenvalue weighted by molar-refractivity contribution is 5.71. The van der Waals surface area contributed by atoms with E-state index in [-0.39, 0.29) is 31.1 Å². The van der Waals surface area contributed by atoms with Crippen molar-refractivity contribution in [2.75, 3.05) is 13.2 Å². The molecule has 0 rings (SSSR count). The monoisotopic (exact) mass is 851 g/mol. The summed E-state index contributed by atoms with van der Waals surface area (Å²) in [4.78, 5) is 37.9. The molecule has 0 unspecified atom stereocenters. The number of hydrogen-bond donors (Lipinski definition) is 0. The second-order valence-corrected chi connectivity index (χ2v) is 16.7. The molecule has 0 heterocycles. The van der Waals surface area contributed by atoms with Gasteiger partial charge in [-0.1, -0.05) is 209 Å². The molecule has 6 heteroatoms. The standard InChI is InChI=1S/C55H94O6/c1-4-7-10-13-16-19-22-25-28-31-33-36-39-42-45-48-54(57)60-51-52(61-55(58)49-46-43-40-37-34-30-27-24-21-18-15-12-9-6-3)50-59-53(56)47-44-41-38-35-32-29-26-23-20-17-14-11-8-5-2/h7,10,15-16,18-19,24-25,27-28,33,36,52H,4-6,8-9,11-14,17,20-23,26,29-32,34-35,37-51H2,1-3H3/b10-7-,18-15-,19-16-,27-24-,28-25-,36-33-/t52-/m1/s1. The molecule has 6 nitrogen and oxygen atoms in total. The van der Waals surface area contributed by atoms with Crippen molar-refractivity contribution in [1.82, 2.24) is 0 Å². The fourth-order valence-corrected chi connectivity index (χ4v) is 6.86. The van der Waals surface area contributed by atoms with Gasteiger partial charge in [0.1, 0.15) is 13.2 Å². The van der Waals surface area contributed by atoms with Crippen molar-refractivity contribution in [3.63, 3.8) is 0 Å². The zero-order chi connectivity index (χ0) is 44.4. The minimum Gasteiger partial charge on any atom is -0.462 e. The van der Waals surface area contributed by atoms with Crippen LogP contribution in [0.15, 0.2) is 72.9 Å². The van der Waals surface area contributed by atoms with Crippen molar-refractivity contribution in [3.8, 4) is 0 Å². The second kappa shape index (κ2) is 49.5. The van der Waals surface area contributed by atoms with Crippen LogP contribution < -0.4 is 0 Å². The zero-order valence-corrected chi connectivity index (χ0v) is 39.9. The molecule has 0 aromatic carbocycles. The van der Waals surface area contributed by atoms with Crippen LogP contribution in [0.1, 0.15) is 239 Å². The van der Waals surface area contributed by atoms with Crippen molar-refractivity contribution < 1.29 is 28.6 Å². The van der Waals surface area contributed by atoms with Crippen molar-refractivity contribution >= 4 is 17.9 Å². The van der Waals surface area contributed by atoms with Crippen LogP contribution >= 0.6 is 0 Å². The van der Waals surface area contributed by atoms with Gasteiger partial charge in [-0.05, 0) is 83.5 Å². The lowest BCUT2D eigenvalue weighted by molar-refractivity contribution is -0.167. The van der Waals surface area contributed by atoms with Gasteiger partial charge in [0.15, 0.2) is 6.10 Å². The van der Waals surface area contributed by atoms with E-state index >= 15 is 0 Å². The van der Waals surface area contributed by atoms with Crippen molar-refractivity contribution in [3.05, 3.63) is 72.9 Å². The molecular formula is C55H94O6. The molecule has 0 bridgehead atoms. The molecule has 0 spiro atoms. The van der Waals surface area contributed by atoms with Crippen LogP contribution in [0, 0.1) is 0 Å². The summed E-state index contributed by atoms with van der Waals surface area (Å²) in [6.45, 7) is 6.44. The lowest BCUT2D eigenvalue weighted by atomic mass is 10.0. The largest absolute Gasteiger partial charge is 0.462 e. The minimum atomic E-state index is -0.797. The van der Waals surface area contributed by atoms with Crippen molar-refractivity contribution in [1.29, 1.82) is 0 Å². The molecule has 0 aromatic rings. The van der Waals surface area contributed by atoms with Crippen molar-refractivity contribution in [2.45, 2.75) is 245 Å². The van der Waals surface area contributed by atoms with E-state index in [1.54, 1.807) is 0 Å². The van der Waals surface area contributed by atoms with Gasteiger partial charge in [-0.25, -0.2) is 0 Å². The number of hydrogen-bond acceptors (Lipinski definition) is 6. The fourth-order valence-electron chi connectivity index (χ4n) is 6.86. The Balaban J connectivity index is 4.46. The lowest BCUT2D eigenvalue weighted by Gasteiger charge is -2.18. The van der Waals surface area contributed by atoms with Gasteiger partial charge in [0, 0.05) is 19.3 Å². The first-order valence-corrected chi connectivity index (χ1v) is 25.4. The number of allylic oxidation sites excluding steroid dienone is 12. The highest BCUT2D eigenvalue weighted by Crippen LogP contribution is 2.15. The molecule has 0 N–H and O–H groups in total. The Kier molecular flexibility index (Phi) is 46.9. The first-order valence-electron chi connectivity index (χ1n) is 25.4. The van der Waals surface area contributed by atoms with Gasteiger partial charge in [-0.15, -0.1) is 0 Å². The van der Waals surface area contributed by atoms with Crippen LogP contribution in [-0.4, -0.2) is 37.2 Å². The molecular weight excluding hydrogens is 757 g/mol. The van der Waals surface area contributed by atoms with Gasteiger partial charge in [0.05, 0.1) is 0 Å². The maximum atomic E-state index is 12.8. The SMILES string of the molecule is CC/C=C\C/C=C\C/C=C\C/C=C\CCCCC(=O)OC[C@@H](COC(=O)CCCCCCCCCCCCCCCC)OC(=O)CCCCCCC/C=C\C/C=C\CCCC. The van der Waals surface area contributed by atoms with E-state index in [4.69, 9.17) is 14.2 Å². The van der Waals surface area contributed by atoms with E-state index in [0.717, 1.165) is 109 Å². The van der Waals surface area contributed by atoms with E-state index in [2.05, 4.69) is 93.7 Å². The van der Waals surface area contributed by atoms with E-state index in [1.807, 2.05) is 0 Å². The lowest BCUT2D eigenvalue weighted by Crippen LogP contribution is -2.30. The third-order valence-corrected chi connectivity index (χ3v) is 10.7. The molecule has 61 heavy (non-hydrogen) atoms. The van der Waals surface area contributed by atoms with Gasteiger partial charge in [0.2, 0.25) is 0 Å². The van der Waals surface area contributed by atoms with Crippen molar-refractivity contribution in [2.24, 2.45) is 0 Å². The number of carbonyl (C=O) groups excluding carboxylic acids is 3. The summed E-state index contributed by atoms with van der Waals surface area (Å²) in [5.74, 6) is -0.949. The van der Waals surface area contributed by atoms with Crippen LogP contribution in [0.5, 0.6) is 0 Å². The van der Waals surface area contributed by atoms with E-state index < -0.39 is 6.10 Å². The van der Waals surface area contributed by atoms with Crippen LogP contribution in [0.25, 0.3) is 0 Å². The molecule has 1 atom stereocenters. The van der Waals surface area contributed by atoms with Gasteiger partial charge < -0.3 is 14.2 Å². The zero-order valence-electron chi connectivity index (χ0n) is 39.9. The summed E-state index contributed by atoms with van der Waals surface area (Å²) in [7, 11) is 0. The summed E-state index contributed by atoms with van der Waals surface area (Å²) < 4.78 is 16.7. The van der Waals surface area contributed by atoms with E-state index in [9.17, 15) is 14.4 Å². The third kappa shape index (κ3) is 47.7. The Hall–Kier alpha value is -3.15. The molecule has 0 saturated carbocycles. The summed E-state index contributed by atoms with van der Waals surface area (Å²) in [6, 6.07) is 0. The Morgan fingerprint density at radius 1 is 0.344 bits per heavy atom. The summed E-state index contributed by atoms with van der Waals surface area (Å²) in [5.41, 5.74) is 0.